The largest absolute Gasteiger partial charge is 0.468 e. The summed E-state index contributed by atoms with van der Waals surface area (Å²) in [5.41, 5.74) is 1.99. The third-order valence-corrected chi connectivity index (χ3v) is 4.82. The molecule has 2 aromatic heterocycles. The first-order valence-electron chi connectivity index (χ1n) is 8.25. The first-order valence-corrected chi connectivity index (χ1v) is 9.07. The van der Waals surface area contributed by atoms with E-state index in [4.69, 9.17) is 4.42 Å². The number of nitrogens with one attached hydrogen (secondary N) is 1. The summed E-state index contributed by atoms with van der Waals surface area (Å²) < 4.78 is 5.45. The molecule has 0 saturated carbocycles. The van der Waals surface area contributed by atoms with Gasteiger partial charge in [-0.1, -0.05) is 17.7 Å². The molecule has 25 heavy (non-hydrogen) atoms. The molecule has 1 amide bonds. The molecular weight excluding hydrogens is 332 g/mol. The molecule has 0 spiro atoms. The standard InChI is InChI=1S/C20H22N2O2S/c1-15-5-8-17(9-6-15)21-20(23)14-22(12-18-4-3-11-24-18)13-19-10-7-16(2)25-19/h3-11H,12-14H2,1-2H3,(H,21,23). The van der Waals surface area contributed by atoms with E-state index in [-0.39, 0.29) is 5.91 Å². The van der Waals surface area contributed by atoms with Gasteiger partial charge in [-0.25, -0.2) is 0 Å². The molecule has 3 rings (SSSR count). The highest BCUT2D eigenvalue weighted by atomic mass is 32.1. The summed E-state index contributed by atoms with van der Waals surface area (Å²) in [4.78, 5) is 17.1. The van der Waals surface area contributed by atoms with Crippen molar-refractivity contribution in [1.82, 2.24) is 4.90 Å². The van der Waals surface area contributed by atoms with E-state index in [2.05, 4.69) is 29.3 Å². The van der Waals surface area contributed by atoms with Crippen LogP contribution in [0.15, 0.2) is 59.2 Å². The van der Waals surface area contributed by atoms with Crippen molar-refractivity contribution >= 4 is 22.9 Å². The molecule has 4 nitrogen and oxygen atoms in total. The average molecular weight is 354 g/mol. The van der Waals surface area contributed by atoms with Crippen LogP contribution in [0, 0.1) is 13.8 Å². The Hall–Kier alpha value is -2.37. The zero-order valence-electron chi connectivity index (χ0n) is 14.5. The fraction of sp³-hybridized carbons (Fsp3) is 0.250. The zero-order valence-corrected chi connectivity index (χ0v) is 15.3. The Bertz CT molecular complexity index is 807. The van der Waals surface area contributed by atoms with Crippen molar-refractivity contribution in [2.75, 3.05) is 11.9 Å². The van der Waals surface area contributed by atoms with Crippen molar-refractivity contribution in [1.29, 1.82) is 0 Å². The van der Waals surface area contributed by atoms with E-state index in [9.17, 15) is 4.79 Å². The van der Waals surface area contributed by atoms with Gasteiger partial charge < -0.3 is 9.73 Å². The number of hydrogen-bond acceptors (Lipinski definition) is 4. The Labute approximate surface area is 152 Å². The molecular formula is C20H22N2O2S. The summed E-state index contributed by atoms with van der Waals surface area (Å²) in [6.45, 7) is 5.76. The Morgan fingerprint density at radius 3 is 2.52 bits per heavy atom. The van der Waals surface area contributed by atoms with Crippen LogP contribution >= 0.6 is 11.3 Å². The second-order valence-corrected chi connectivity index (χ2v) is 7.52. The highest BCUT2D eigenvalue weighted by Crippen LogP contribution is 2.19. The number of carbonyl (C=O) groups excluding carboxylic acids is 1. The number of amides is 1. The summed E-state index contributed by atoms with van der Waals surface area (Å²) >= 11 is 1.76. The van der Waals surface area contributed by atoms with Crippen LogP contribution in [0.3, 0.4) is 0 Å². The number of thiophene rings is 1. The Morgan fingerprint density at radius 1 is 1.08 bits per heavy atom. The smallest absolute Gasteiger partial charge is 0.238 e. The molecule has 1 N–H and O–H groups in total. The zero-order chi connectivity index (χ0) is 17.6. The molecule has 0 aliphatic heterocycles. The van der Waals surface area contributed by atoms with E-state index in [0.717, 1.165) is 18.0 Å². The van der Waals surface area contributed by atoms with Gasteiger partial charge in [0.2, 0.25) is 5.91 Å². The van der Waals surface area contributed by atoms with Gasteiger partial charge in [-0.2, -0.15) is 0 Å². The van der Waals surface area contributed by atoms with Crippen LogP contribution in [-0.2, 0) is 17.9 Å². The maximum absolute atomic E-state index is 12.5. The van der Waals surface area contributed by atoms with Gasteiger partial charge in [-0.15, -0.1) is 11.3 Å². The predicted octanol–water partition coefficient (Wildman–Crippen LogP) is 4.60. The second kappa shape index (κ2) is 8.14. The lowest BCUT2D eigenvalue weighted by Crippen LogP contribution is -2.32. The average Bonchev–Trinajstić information content (AvgIpc) is 3.21. The predicted molar refractivity (Wildman–Crippen MR) is 102 cm³/mol. The third kappa shape index (κ3) is 5.31. The minimum atomic E-state index is -0.0244. The van der Waals surface area contributed by atoms with Crippen LogP contribution in [0.1, 0.15) is 21.1 Å². The molecule has 0 unspecified atom stereocenters. The number of hydrogen-bond donors (Lipinski definition) is 1. The second-order valence-electron chi connectivity index (χ2n) is 6.15. The summed E-state index contributed by atoms with van der Waals surface area (Å²) in [7, 11) is 0. The van der Waals surface area contributed by atoms with Gasteiger partial charge in [0.05, 0.1) is 19.4 Å². The number of benzene rings is 1. The molecule has 5 heteroatoms. The van der Waals surface area contributed by atoms with Crippen molar-refractivity contribution in [3.05, 3.63) is 75.9 Å². The third-order valence-electron chi connectivity index (χ3n) is 3.84. The van der Waals surface area contributed by atoms with Gasteiger partial charge in [-0.05, 0) is 50.2 Å². The van der Waals surface area contributed by atoms with Gasteiger partial charge in [0, 0.05) is 22.0 Å². The molecule has 0 radical (unpaired) electrons. The summed E-state index contributed by atoms with van der Waals surface area (Å²) in [5.74, 6) is 0.833. The quantitative estimate of drug-likeness (QED) is 0.674. The number of carbonyl (C=O) groups is 1. The van der Waals surface area contributed by atoms with Crippen molar-refractivity contribution in [3.63, 3.8) is 0 Å². The Balaban J connectivity index is 1.65. The van der Waals surface area contributed by atoms with Crippen LogP contribution in [-0.4, -0.2) is 17.4 Å². The SMILES string of the molecule is Cc1ccc(NC(=O)CN(Cc2ccco2)Cc2ccc(C)s2)cc1. The van der Waals surface area contributed by atoms with Crippen molar-refractivity contribution in [3.8, 4) is 0 Å². The van der Waals surface area contributed by atoms with Gasteiger partial charge >= 0.3 is 0 Å². The summed E-state index contributed by atoms with van der Waals surface area (Å²) in [5, 5.41) is 2.96. The first-order chi connectivity index (χ1) is 12.1. The van der Waals surface area contributed by atoms with E-state index in [1.165, 1.54) is 15.3 Å². The normalized spacial score (nSPS) is 11.0. The minimum absolute atomic E-state index is 0.0244. The Morgan fingerprint density at radius 2 is 1.88 bits per heavy atom. The van der Waals surface area contributed by atoms with E-state index in [1.54, 1.807) is 17.6 Å². The van der Waals surface area contributed by atoms with Gasteiger partial charge in [0.25, 0.3) is 0 Å². The van der Waals surface area contributed by atoms with Crippen molar-refractivity contribution < 1.29 is 9.21 Å². The monoisotopic (exact) mass is 354 g/mol. The molecule has 2 heterocycles. The lowest BCUT2D eigenvalue weighted by atomic mass is 10.2. The van der Waals surface area contributed by atoms with E-state index < -0.39 is 0 Å². The van der Waals surface area contributed by atoms with Crippen molar-refractivity contribution in [2.45, 2.75) is 26.9 Å². The number of anilines is 1. The van der Waals surface area contributed by atoms with Crippen LogP contribution in [0.4, 0.5) is 5.69 Å². The van der Waals surface area contributed by atoms with Crippen LogP contribution in [0.5, 0.6) is 0 Å². The number of rotatable bonds is 7. The maximum Gasteiger partial charge on any atom is 0.238 e. The molecule has 1 aromatic carbocycles. The molecule has 0 aliphatic rings. The summed E-state index contributed by atoms with van der Waals surface area (Å²) in [6.07, 6.45) is 1.66. The van der Waals surface area contributed by atoms with Crippen LogP contribution < -0.4 is 5.32 Å². The van der Waals surface area contributed by atoms with Gasteiger partial charge in [0.1, 0.15) is 5.76 Å². The maximum atomic E-state index is 12.5. The Kier molecular flexibility index (Phi) is 5.68. The highest BCUT2D eigenvalue weighted by molar-refractivity contribution is 7.11. The molecule has 0 bridgehead atoms. The molecule has 130 valence electrons. The fourth-order valence-electron chi connectivity index (χ4n) is 2.62. The lowest BCUT2D eigenvalue weighted by Gasteiger charge is -2.20. The molecule has 0 saturated heterocycles. The highest BCUT2D eigenvalue weighted by Gasteiger charge is 2.14. The van der Waals surface area contributed by atoms with Crippen LogP contribution in [0.25, 0.3) is 0 Å². The summed E-state index contributed by atoms with van der Waals surface area (Å²) in [6, 6.07) is 15.9. The fourth-order valence-corrected chi connectivity index (χ4v) is 3.55. The van der Waals surface area contributed by atoms with Gasteiger partial charge in [-0.3, -0.25) is 9.69 Å². The van der Waals surface area contributed by atoms with E-state index >= 15 is 0 Å². The molecule has 0 atom stereocenters. The minimum Gasteiger partial charge on any atom is -0.468 e. The van der Waals surface area contributed by atoms with E-state index in [1.807, 2.05) is 43.3 Å². The molecule has 0 aliphatic carbocycles. The number of furan rings is 1. The lowest BCUT2D eigenvalue weighted by molar-refractivity contribution is -0.117. The topological polar surface area (TPSA) is 45.5 Å². The number of nitrogens with zero attached hydrogens (tertiary/aromatic N) is 1. The van der Waals surface area contributed by atoms with Gasteiger partial charge in [0.15, 0.2) is 0 Å². The molecule has 3 aromatic rings. The number of aryl methyl sites for hydroxylation is 2. The first kappa shape index (κ1) is 17.5. The molecule has 0 fully saturated rings. The van der Waals surface area contributed by atoms with E-state index in [0.29, 0.717) is 13.1 Å². The van der Waals surface area contributed by atoms with Crippen LogP contribution in [0.2, 0.25) is 0 Å². The van der Waals surface area contributed by atoms with Crippen molar-refractivity contribution in [2.24, 2.45) is 0 Å².